The molecule has 0 aromatic carbocycles. The van der Waals surface area contributed by atoms with Gasteiger partial charge in [0.1, 0.15) is 0 Å². The maximum absolute atomic E-state index is 10.5. The van der Waals surface area contributed by atoms with Crippen molar-refractivity contribution < 1.29 is 5.11 Å². The lowest BCUT2D eigenvalue weighted by Gasteiger charge is -2.25. The SMILES string of the molecule is NCC(c1ccncc1)C(O)CC1CCCCCC1. The van der Waals surface area contributed by atoms with Gasteiger partial charge in [-0.05, 0) is 30.0 Å². The normalized spacial score (nSPS) is 20.7. The van der Waals surface area contributed by atoms with Gasteiger partial charge in [-0.15, -0.1) is 0 Å². The van der Waals surface area contributed by atoms with Crippen molar-refractivity contribution in [3.8, 4) is 0 Å². The minimum Gasteiger partial charge on any atom is -0.392 e. The summed E-state index contributed by atoms with van der Waals surface area (Å²) in [5.74, 6) is 0.722. The molecule has 19 heavy (non-hydrogen) atoms. The Kier molecular flexibility index (Phi) is 5.80. The first-order chi connectivity index (χ1) is 9.31. The van der Waals surface area contributed by atoms with Gasteiger partial charge in [0.05, 0.1) is 6.10 Å². The van der Waals surface area contributed by atoms with Crippen LogP contribution < -0.4 is 5.73 Å². The highest BCUT2D eigenvalue weighted by Gasteiger charge is 2.24. The van der Waals surface area contributed by atoms with Crippen LogP contribution in [0.15, 0.2) is 24.5 Å². The molecule has 106 valence electrons. The molecule has 0 spiro atoms. The highest BCUT2D eigenvalue weighted by molar-refractivity contribution is 5.17. The maximum Gasteiger partial charge on any atom is 0.0623 e. The summed E-state index contributed by atoms with van der Waals surface area (Å²) >= 11 is 0. The van der Waals surface area contributed by atoms with E-state index in [1.807, 2.05) is 12.1 Å². The van der Waals surface area contributed by atoms with Gasteiger partial charge in [-0.3, -0.25) is 4.98 Å². The molecule has 1 heterocycles. The van der Waals surface area contributed by atoms with Gasteiger partial charge >= 0.3 is 0 Å². The minimum atomic E-state index is -0.324. The Morgan fingerprint density at radius 2 is 1.79 bits per heavy atom. The monoisotopic (exact) mass is 262 g/mol. The number of nitrogens with zero attached hydrogens (tertiary/aromatic N) is 1. The minimum absolute atomic E-state index is 0.0475. The van der Waals surface area contributed by atoms with Crippen LogP contribution in [0.3, 0.4) is 0 Å². The van der Waals surface area contributed by atoms with Crippen LogP contribution >= 0.6 is 0 Å². The zero-order valence-electron chi connectivity index (χ0n) is 11.7. The molecule has 1 saturated carbocycles. The molecule has 0 bridgehead atoms. The lowest BCUT2D eigenvalue weighted by atomic mass is 9.85. The van der Waals surface area contributed by atoms with Gasteiger partial charge in [0.25, 0.3) is 0 Å². The van der Waals surface area contributed by atoms with E-state index in [1.54, 1.807) is 12.4 Å². The van der Waals surface area contributed by atoms with Crippen molar-refractivity contribution in [3.63, 3.8) is 0 Å². The zero-order chi connectivity index (χ0) is 13.5. The van der Waals surface area contributed by atoms with Gasteiger partial charge in [0.2, 0.25) is 0 Å². The third-order valence-corrected chi connectivity index (χ3v) is 4.40. The number of hydrogen-bond donors (Lipinski definition) is 2. The number of rotatable bonds is 5. The Bertz CT molecular complexity index is 347. The fourth-order valence-corrected chi connectivity index (χ4v) is 3.23. The highest BCUT2D eigenvalue weighted by Crippen LogP contribution is 2.30. The number of pyridine rings is 1. The smallest absolute Gasteiger partial charge is 0.0623 e. The van der Waals surface area contributed by atoms with E-state index in [0.717, 1.165) is 12.0 Å². The molecule has 1 aromatic heterocycles. The van der Waals surface area contributed by atoms with Gasteiger partial charge < -0.3 is 10.8 Å². The molecule has 3 nitrogen and oxygen atoms in total. The Morgan fingerprint density at radius 3 is 2.37 bits per heavy atom. The summed E-state index contributed by atoms with van der Waals surface area (Å²) in [5, 5.41) is 10.5. The van der Waals surface area contributed by atoms with Crippen molar-refractivity contribution >= 4 is 0 Å². The van der Waals surface area contributed by atoms with Gasteiger partial charge in [0.15, 0.2) is 0 Å². The lowest BCUT2D eigenvalue weighted by molar-refractivity contribution is 0.112. The number of aliphatic hydroxyl groups excluding tert-OH is 1. The number of aliphatic hydroxyl groups is 1. The van der Waals surface area contributed by atoms with Crippen LogP contribution in [0.1, 0.15) is 56.4 Å². The first-order valence-electron chi connectivity index (χ1n) is 7.59. The second kappa shape index (κ2) is 7.61. The number of aromatic nitrogens is 1. The summed E-state index contributed by atoms with van der Waals surface area (Å²) in [6.07, 6.45) is 12.0. The van der Waals surface area contributed by atoms with E-state index in [-0.39, 0.29) is 12.0 Å². The molecule has 1 aromatic rings. The molecule has 3 heteroatoms. The van der Waals surface area contributed by atoms with E-state index >= 15 is 0 Å². The molecule has 1 aliphatic rings. The second-order valence-electron chi connectivity index (χ2n) is 5.78. The van der Waals surface area contributed by atoms with Crippen molar-refractivity contribution in [3.05, 3.63) is 30.1 Å². The summed E-state index contributed by atoms with van der Waals surface area (Å²) in [7, 11) is 0. The molecule has 0 aliphatic heterocycles. The fourth-order valence-electron chi connectivity index (χ4n) is 3.23. The fraction of sp³-hybridized carbons (Fsp3) is 0.688. The summed E-state index contributed by atoms with van der Waals surface area (Å²) < 4.78 is 0. The van der Waals surface area contributed by atoms with Crippen LogP contribution in [0.2, 0.25) is 0 Å². The molecule has 1 fully saturated rings. The predicted octanol–water partition coefficient (Wildman–Crippen LogP) is 2.85. The average molecular weight is 262 g/mol. The Morgan fingerprint density at radius 1 is 1.16 bits per heavy atom. The summed E-state index contributed by atoms with van der Waals surface area (Å²) in [5.41, 5.74) is 6.97. The molecule has 0 saturated heterocycles. The number of hydrogen-bond acceptors (Lipinski definition) is 3. The summed E-state index contributed by atoms with van der Waals surface area (Å²) in [6, 6.07) is 3.93. The molecule has 2 atom stereocenters. The Hall–Kier alpha value is -0.930. The summed E-state index contributed by atoms with van der Waals surface area (Å²) in [6.45, 7) is 0.498. The highest BCUT2D eigenvalue weighted by atomic mass is 16.3. The van der Waals surface area contributed by atoms with Gasteiger partial charge in [0, 0.05) is 24.9 Å². The molecule has 2 rings (SSSR count). The van der Waals surface area contributed by atoms with E-state index in [2.05, 4.69) is 4.98 Å². The molecular formula is C16H26N2O. The van der Waals surface area contributed by atoms with Gasteiger partial charge in [-0.25, -0.2) is 0 Å². The molecule has 2 unspecified atom stereocenters. The van der Waals surface area contributed by atoms with E-state index in [0.29, 0.717) is 12.5 Å². The van der Waals surface area contributed by atoms with Crippen LogP contribution in [0.5, 0.6) is 0 Å². The van der Waals surface area contributed by atoms with E-state index in [4.69, 9.17) is 5.73 Å². The molecule has 1 aliphatic carbocycles. The largest absolute Gasteiger partial charge is 0.392 e. The third-order valence-electron chi connectivity index (χ3n) is 4.40. The molecule has 0 amide bonds. The first kappa shape index (κ1) is 14.5. The topological polar surface area (TPSA) is 59.1 Å². The first-order valence-corrected chi connectivity index (χ1v) is 7.59. The number of nitrogens with two attached hydrogens (primary N) is 1. The summed E-state index contributed by atoms with van der Waals surface area (Å²) in [4.78, 5) is 4.03. The van der Waals surface area contributed by atoms with Crippen molar-refractivity contribution in [2.45, 2.75) is 57.0 Å². The molecular weight excluding hydrogens is 236 g/mol. The average Bonchev–Trinajstić information content (AvgIpc) is 2.69. The van der Waals surface area contributed by atoms with Gasteiger partial charge in [-0.2, -0.15) is 0 Å². The molecule has 0 radical (unpaired) electrons. The Labute approximate surface area is 116 Å². The van der Waals surface area contributed by atoms with E-state index in [9.17, 15) is 5.11 Å². The third kappa shape index (κ3) is 4.29. The van der Waals surface area contributed by atoms with E-state index < -0.39 is 0 Å². The second-order valence-corrected chi connectivity index (χ2v) is 5.78. The zero-order valence-corrected chi connectivity index (χ0v) is 11.7. The van der Waals surface area contributed by atoms with Crippen LogP contribution in [0.25, 0.3) is 0 Å². The lowest BCUT2D eigenvalue weighted by Crippen LogP contribution is -2.28. The van der Waals surface area contributed by atoms with Crippen molar-refractivity contribution in [2.75, 3.05) is 6.54 Å². The van der Waals surface area contributed by atoms with Crippen molar-refractivity contribution in [1.82, 2.24) is 4.98 Å². The quantitative estimate of drug-likeness (QED) is 0.802. The maximum atomic E-state index is 10.5. The Balaban J connectivity index is 1.94. The van der Waals surface area contributed by atoms with Crippen molar-refractivity contribution in [1.29, 1.82) is 0 Å². The van der Waals surface area contributed by atoms with Crippen LogP contribution in [-0.4, -0.2) is 22.7 Å². The van der Waals surface area contributed by atoms with Crippen LogP contribution in [0.4, 0.5) is 0 Å². The van der Waals surface area contributed by atoms with Crippen LogP contribution in [-0.2, 0) is 0 Å². The molecule has 3 N–H and O–H groups in total. The predicted molar refractivity (Wildman–Crippen MR) is 77.8 cm³/mol. The van der Waals surface area contributed by atoms with Crippen molar-refractivity contribution in [2.24, 2.45) is 11.7 Å². The standard InChI is InChI=1S/C16H26N2O/c17-12-15(14-7-9-18-10-8-14)16(19)11-13-5-3-1-2-4-6-13/h7-10,13,15-16,19H,1-6,11-12,17H2. The van der Waals surface area contributed by atoms with E-state index in [1.165, 1.54) is 38.5 Å². The van der Waals surface area contributed by atoms with Gasteiger partial charge in [-0.1, -0.05) is 38.5 Å². The van der Waals surface area contributed by atoms with Crippen LogP contribution in [0, 0.1) is 5.92 Å².